The minimum absolute atomic E-state index is 0.0205. The van der Waals surface area contributed by atoms with Gasteiger partial charge in [0.25, 0.3) is 0 Å². The van der Waals surface area contributed by atoms with Crippen LogP contribution in [0.15, 0.2) is 48.9 Å². The highest BCUT2D eigenvalue weighted by Gasteiger charge is 2.51. The zero-order valence-electron chi connectivity index (χ0n) is 32.8. The average molecular weight is 760 g/mol. The van der Waals surface area contributed by atoms with Crippen LogP contribution in [0.4, 0.5) is 10.6 Å². The van der Waals surface area contributed by atoms with Gasteiger partial charge in [0, 0.05) is 55.7 Å². The first kappa shape index (κ1) is 38.3. The number of benzene rings is 1. The van der Waals surface area contributed by atoms with E-state index in [1.54, 1.807) is 12.0 Å². The number of ether oxygens (including phenoxy) is 2. The summed E-state index contributed by atoms with van der Waals surface area (Å²) in [6.07, 6.45) is 15.3. The van der Waals surface area contributed by atoms with Crippen molar-refractivity contribution in [2.45, 2.75) is 109 Å². The van der Waals surface area contributed by atoms with Crippen LogP contribution in [0.3, 0.4) is 0 Å². The van der Waals surface area contributed by atoms with Gasteiger partial charge in [0.15, 0.2) is 0 Å². The Morgan fingerprint density at radius 3 is 2.24 bits per heavy atom. The van der Waals surface area contributed by atoms with Crippen molar-refractivity contribution in [1.29, 1.82) is 0 Å². The second-order valence-electron chi connectivity index (χ2n) is 17.9. The largest absolute Gasteiger partial charge is 0.496 e. The van der Waals surface area contributed by atoms with Crippen LogP contribution in [-0.2, 0) is 30.3 Å². The fourth-order valence-corrected chi connectivity index (χ4v) is 10.5. The number of aryl methyl sites for hydroxylation is 1. The summed E-state index contributed by atoms with van der Waals surface area (Å²) in [4.78, 5) is 36.0. The summed E-state index contributed by atoms with van der Waals surface area (Å²) < 4.78 is 36.6. The highest BCUT2D eigenvalue weighted by Crippen LogP contribution is 2.58. The maximum atomic E-state index is 14.7. The smallest absolute Gasteiger partial charge is 0.410 e. The van der Waals surface area contributed by atoms with Gasteiger partial charge in [-0.2, -0.15) is 5.10 Å². The Morgan fingerprint density at radius 2 is 1.65 bits per heavy atom. The predicted molar refractivity (Wildman–Crippen MR) is 209 cm³/mol. The van der Waals surface area contributed by atoms with Crippen LogP contribution in [-0.4, -0.2) is 84.9 Å². The van der Waals surface area contributed by atoms with E-state index in [0.717, 1.165) is 55.4 Å². The lowest BCUT2D eigenvalue weighted by molar-refractivity contribution is -0.124. The van der Waals surface area contributed by atoms with E-state index in [4.69, 9.17) is 14.5 Å². The van der Waals surface area contributed by atoms with E-state index in [2.05, 4.69) is 57.2 Å². The molecule has 0 atom stereocenters. The molecule has 2 aromatic heterocycles. The Balaban J connectivity index is 1.06. The minimum Gasteiger partial charge on any atom is -0.496 e. The molecule has 5 fully saturated rings. The molecule has 292 valence electrons. The summed E-state index contributed by atoms with van der Waals surface area (Å²) in [5.41, 5.74) is 4.58. The summed E-state index contributed by atoms with van der Waals surface area (Å²) >= 11 is 0. The van der Waals surface area contributed by atoms with Crippen molar-refractivity contribution in [3.63, 3.8) is 0 Å². The highest BCUT2D eigenvalue weighted by atomic mass is 32.2. The van der Waals surface area contributed by atoms with Gasteiger partial charge in [0.2, 0.25) is 5.91 Å². The first-order valence-corrected chi connectivity index (χ1v) is 21.7. The van der Waals surface area contributed by atoms with Crippen LogP contribution in [0.2, 0.25) is 0 Å². The fourth-order valence-electron chi connectivity index (χ4n) is 9.45. The summed E-state index contributed by atoms with van der Waals surface area (Å²) in [5.74, 6) is 1.56. The third-order valence-electron chi connectivity index (χ3n) is 12.8. The van der Waals surface area contributed by atoms with Crippen molar-refractivity contribution in [2.75, 3.05) is 43.7 Å². The van der Waals surface area contributed by atoms with Gasteiger partial charge in [0.1, 0.15) is 27.5 Å². The van der Waals surface area contributed by atoms with Gasteiger partial charge in [-0.25, -0.2) is 18.2 Å². The van der Waals surface area contributed by atoms with Crippen molar-refractivity contribution >= 4 is 27.7 Å². The molecule has 4 saturated carbocycles. The van der Waals surface area contributed by atoms with Gasteiger partial charge in [0.05, 0.1) is 24.6 Å². The van der Waals surface area contributed by atoms with Crippen LogP contribution < -0.4 is 9.64 Å². The van der Waals surface area contributed by atoms with Crippen LogP contribution in [0.1, 0.15) is 96.1 Å². The normalized spacial score (nSPS) is 25.9. The molecule has 54 heavy (non-hydrogen) atoms. The summed E-state index contributed by atoms with van der Waals surface area (Å²) in [6, 6.07) is 10.7. The first-order chi connectivity index (χ1) is 25.6. The third kappa shape index (κ3) is 8.04. The third-order valence-corrected chi connectivity index (χ3v) is 13.9. The molecule has 1 aromatic carbocycles. The molecular weight excluding hydrogens is 703 g/mol. The molecule has 2 bridgehead atoms. The van der Waals surface area contributed by atoms with Crippen LogP contribution in [0.5, 0.6) is 5.75 Å². The van der Waals surface area contributed by atoms with Gasteiger partial charge in [-0.3, -0.25) is 14.4 Å². The minimum atomic E-state index is -3.08. The number of likely N-dealkylation sites (tertiary alicyclic amines) is 1. The fraction of sp³-hybridized carbons (Fsp3) is 0.619. The van der Waals surface area contributed by atoms with Crippen LogP contribution in [0.25, 0.3) is 11.1 Å². The molecule has 12 heteroatoms. The van der Waals surface area contributed by atoms with Crippen molar-refractivity contribution in [3.8, 4) is 16.9 Å². The topological polar surface area (TPSA) is 124 Å². The summed E-state index contributed by atoms with van der Waals surface area (Å²) in [5, 5.41) is 4.63. The molecule has 11 nitrogen and oxygen atoms in total. The first-order valence-electron chi connectivity index (χ1n) is 19.7. The number of carbonyl (C=O) groups is 2. The lowest BCUT2D eigenvalue weighted by Gasteiger charge is -2.55. The molecule has 8 rings (SSSR count). The Labute approximate surface area is 320 Å². The van der Waals surface area contributed by atoms with Gasteiger partial charge < -0.3 is 14.4 Å². The number of nitrogens with zero attached hydrogens (tertiary/aromatic N) is 5. The predicted octanol–water partition coefficient (Wildman–Crippen LogP) is 7.31. The number of fused-ring (bicyclic) bond motifs is 3. The molecular formula is C42H57N5O6S. The number of hydrogen-bond acceptors (Lipinski definition) is 8. The SMILES string of the molecule is COc1ccc(C23CCC(CN(C(=O)C4CCC(OC(=O)N5CC(CS(C)(=O)=O)C5)CC4)c4cc(-c5cnn(C(C)(C)C)c5)ccn4)(CC2)CC3)cc1C. The molecule has 3 aromatic rings. The second kappa shape index (κ2) is 14.6. The average Bonchev–Trinajstić information content (AvgIpc) is 3.64. The van der Waals surface area contributed by atoms with E-state index >= 15 is 0 Å². The number of methoxy groups -OCH3 is 1. The van der Waals surface area contributed by atoms with E-state index in [-0.39, 0.29) is 52.1 Å². The Hall–Kier alpha value is -3.93. The number of rotatable bonds is 10. The molecule has 1 aliphatic heterocycles. The van der Waals surface area contributed by atoms with E-state index < -0.39 is 9.84 Å². The van der Waals surface area contributed by atoms with Crippen molar-refractivity contribution in [1.82, 2.24) is 19.7 Å². The number of amides is 2. The molecule has 1 saturated heterocycles. The van der Waals surface area contributed by atoms with Gasteiger partial charge in [-0.15, -0.1) is 0 Å². The number of aromatic nitrogens is 3. The second-order valence-corrected chi connectivity index (χ2v) is 20.0. The maximum Gasteiger partial charge on any atom is 0.410 e. The lowest BCUT2D eigenvalue weighted by Crippen LogP contribution is -2.53. The molecule has 0 radical (unpaired) electrons. The van der Waals surface area contributed by atoms with Gasteiger partial charge in [-0.05, 0) is 138 Å². The summed E-state index contributed by atoms with van der Waals surface area (Å²) in [6.45, 7) is 9.94. The maximum absolute atomic E-state index is 14.7. The molecule has 0 N–H and O–H groups in total. The van der Waals surface area contributed by atoms with E-state index in [9.17, 15) is 18.0 Å². The zero-order valence-corrected chi connectivity index (χ0v) is 33.7. The highest BCUT2D eigenvalue weighted by molar-refractivity contribution is 7.90. The van der Waals surface area contributed by atoms with E-state index in [0.29, 0.717) is 51.1 Å². The standard InChI is InChI=1S/C42H57N5O6S/c1-29-21-34(9-12-36(29)52-5)42-17-14-41(15-18-42,16-19-42)28-46(37-22-32(13-20-43-37)33-23-44-47(26-33)40(2,3)4)38(48)31-7-10-35(11-8-31)53-39(49)45-24-30(25-45)27-54(6,50)51/h9,12-13,20-23,26,30-31,35H,7-8,10-11,14-19,24-25,27-28H2,1-6H3. The van der Waals surface area contributed by atoms with Crippen molar-refractivity contribution in [2.24, 2.45) is 17.3 Å². The number of sulfone groups is 1. The number of pyridine rings is 1. The number of carbonyl (C=O) groups excluding carboxylic acids is 2. The van der Waals surface area contributed by atoms with Gasteiger partial charge >= 0.3 is 6.09 Å². The number of hydrogen-bond donors (Lipinski definition) is 0. The lowest BCUT2D eigenvalue weighted by atomic mass is 9.51. The zero-order chi connectivity index (χ0) is 38.5. The van der Waals surface area contributed by atoms with Crippen LogP contribution in [0, 0.1) is 24.2 Å². The summed E-state index contributed by atoms with van der Waals surface area (Å²) in [7, 11) is -1.36. The Bertz CT molecular complexity index is 1950. The molecule has 3 heterocycles. The molecule has 0 unspecified atom stereocenters. The van der Waals surface area contributed by atoms with Crippen molar-refractivity contribution < 1.29 is 27.5 Å². The van der Waals surface area contributed by atoms with Gasteiger partial charge in [-0.1, -0.05) is 12.1 Å². The molecule has 0 spiro atoms. The number of anilines is 1. The molecule has 4 aliphatic carbocycles. The Kier molecular flexibility index (Phi) is 10.4. The molecule has 5 aliphatic rings. The monoisotopic (exact) mass is 759 g/mol. The Morgan fingerprint density at radius 1 is 0.963 bits per heavy atom. The van der Waals surface area contributed by atoms with Crippen molar-refractivity contribution in [3.05, 3.63) is 60.0 Å². The van der Waals surface area contributed by atoms with E-state index in [1.807, 2.05) is 34.1 Å². The van der Waals surface area contributed by atoms with E-state index in [1.165, 1.54) is 17.4 Å². The van der Waals surface area contributed by atoms with Crippen LogP contribution >= 0.6 is 0 Å². The molecule has 2 amide bonds. The quantitative estimate of drug-likeness (QED) is 0.211.